The van der Waals surface area contributed by atoms with Crippen LogP contribution >= 0.6 is 0 Å². The summed E-state index contributed by atoms with van der Waals surface area (Å²) in [6.45, 7) is -0.363. The first kappa shape index (κ1) is 20.4. The number of benzene rings is 3. The van der Waals surface area contributed by atoms with Gasteiger partial charge in [0.1, 0.15) is 12.9 Å². The van der Waals surface area contributed by atoms with Crippen molar-refractivity contribution in [3.63, 3.8) is 0 Å². The predicted molar refractivity (Wildman–Crippen MR) is 102 cm³/mol. The molecule has 2 unspecified atom stereocenters. The third-order valence-corrected chi connectivity index (χ3v) is 4.61. The Labute approximate surface area is 166 Å². The van der Waals surface area contributed by atoms with Gasteiger partial charge >= 0.3 is 5.97 Å². The summed E-state index contributed by atoms with van der Waals surface area (Å²) in [4.78, 5) is 24.3. The number of aliphatic hydroxyl groups is 1. The standard InChI is InChI=1S/C23H18F2O4/c24-20-13-7-12-19(21(20)25)23(28,18-10-5-2-6-11-18)22(27)29-15-17(14-26)16-8-3-1-4-9-16/h1-14,17,28H,15H2. The van der Waals surface area contributed by atoms with Crippen molar-refractivity contribution in [2.45, 2.75) is 11.5 Å². The number of carbonyl (C=O) groups excluding carboxylic acids is 2. The Hall–Kier alpha value is -3.38. The molecule has 0 aliphatic heterocycles. The number of aldehydes is 1. The minimum atomic E-state index is -2.59. The molecule has 4 nitrogen and oxygen atoms in total. The molecule has 0 fully saturated rings. The van der Waals surface area contributed by atoms with Gasteiger partial charge in [0.15, 0.2) is 11.6 Å². The normalized spacial score (nSPS) is 13.9. The van der Waals surface area contributed by atoms with Crippen LogP contribution in [0, 0.1) is 11.6 Å². The first-order valence-corrected chi connectivity index (χ1v) is 8.88. The lowest BCUT2D eigenvalue weighted by molar-refractivity contribution is -0.163. The van der Waals surface area contributed by atoms with E-state index in [1.807, 2.05) is 0 Å². The number of hydrogen-bond acceptors (Lipinski definition) is 4. The second-order valence-corrected chi connectivity index (χ2v) is 6.43. The Morgan fingerprint density at radius 2 is 1.59 bits per heavy atom. The second kappa shape index (κ2) is 8.75. The lowest BCUT2D eigenvalue weighted by Crippen LogP contribution is -2.40. The van der Waals surface area contributed by atoms with Crippen LogP contribution < -0.4 is 0 Å². The SMILES string of the molecule is O=CC(COC(=O)C(O)(c1ccccc1)c1cccc(F)c1F)c1ccccc1. The van der Waals surface area contributed by atoms with E-state index in [2.05, 4.69) is 0 Å². The minimum Gasteiger partial charge on any atom is -0.462 e. The summed E-state index contributed by atoms with van der Waals surface area (Å²) >= 11 is 0. The maximum absolute atomic E-state index is 14.5. The summed E-state index contributed by atoms with van der Waals surface area (Å²) in [5.74, 6) is -4.54. The zero-order valence-electron chi connectivity index (χ0n) is 15.3. The summed E-state index contributed by atoms with van der Waals surface area (Å²) in [5.41, 5.74) is -2.53. The van der Waals surface area contributed by atoms with Gasteiger partial charge in [-0.05, 0) is 17.2 Å². The Morgan fingerprint density at radius 1 is 0.966 bits per heavy atom. The summed E-state index contributed by atoms with van der Waals surface area (Å²) in [6, 6.07) is 19.4. The number of esters is 1. The molecular formula is C23H18F2O4. The number of halogens is 2. The van der Waals surface area contributed by atoms with Crippen LogP contribution in [0.5, 0.6) is 0 Å². The lowest BCUT2D eigenvalue weighted by atomic mass is 9.86. The molecule has 0 radical (unpaired) electrons. The highest BCUT2D eigenvalue weighted by Gasteiger charge is 2.44. The molecule has 0 aromatic heterocycles. The fourth-order valence-corrected chi connectivity index (χ4v) is 3.03. The van der Waals surface area contributed by atoms with Gasteiger partial charge in [-0.3, -0.25) is 0 Å². The van der Waals surface area contributed by atoms with Crippen LogP contribution in [0.4, 0.5) is 8.78 Å². The van der Waals surface area contributed by atoms with E-state index in [1.165, 1.54) is 18.2 Å². The van der Waals surface area contributed by atoms with E-state index in [0.29, 0.717) is 11.8 Å². The molecule has 29 heavy (non-hydrogen) atoms. The fourth-order valence-electron chi connectivity index (χ4n) is 3.03. The van der Waals surface area contributed by atoms with Crippen molar-refractivity contribution in [2.75, 3.05) is 6.61 Å². The summed E-state index contributed by atoms with van der Waals surface area (Å²) < 4.78 is 33.5. The highest BCUT2D eigenvalue weighted by molar-refractivity contribution is 5.85. The van der Waals surface area contributed by atoms with Crippen molar-refractivity contribution in [3.05, 3.63) is 107 Å². The van der Waals surface area contributed by atoms with Crippen LogP contribution in [0.25, 0.3) is 0 Å². The smallest absolute Gasteiger partial charge is 0.347 e. The first-order valence-electron chi connectivity index (χ1n) is 8.88. The van der Waals surface area contributed by atoms with Crippen LogP contribution in [-0.4, -0.2) is 24.0 Å². The highest BCUT2D eigenvalue weighted by atomic mass is 19.2. The maximum atomic E-state index is 14.5. The van der Waals surface area contributed by atoms with E-state index in [0.717, 1.165) is 12.1 Å². The molecule has 0 aliphatic rings. The van der Waals surface area contributed by atoms with Crippen LogP contribution in [0.1, 0.15) is 22.6 Å². The topological polar surface area (TPSA) is 63.6 Å². The molecule has 0 saturated heterocycles. The molecule has 3 aromatic carbocycles. The minimum absolute atomic E-state index is 0.0110. The van der Waals surface area contributed by atoms with Crippen molar-refractivity contribution in [1.82, 2.24) is 0 Å². The maximum Gasteiger partial charge on any atom is 0.347 e. The van der Waals surface area contributed by atoms with Gasteiger partial charge in [0.2, 0.25) is 5.60 Å². The largest absolute Gasteiger partial charge is 0.462 e. The zero-order valence-corrected chi connectivity index (χ0v) is 15.3. The Kier molecular flexibility index (Phi) is 6.14. The Balaban J connectivity index is 1.95. The lowest BCUT2D eigenvalue weighted by Gasteiger charge is -2.28. The summed E-state index contributed by atoms with van der Waals surface area (Å²) in [6.07, 6.45) is 0.618. The van der Waals surface area contributed by atoms with Crippen molar-refractivity contribution < 1.29 is 28.2 Å². The molecule has 0 bridgehead atoms. The van der Waals surface area contributed by atoms with E-state index in [4.69, 9.17) is 4.74 Å². The number of hydrogen-bond donors (Lipinski definition) is 1. The molecule has 3 rings (SSSR count). The second-order valence-electron chi connectivity index (χ2n) is 6.43. The molecule has 1 N–H and O–H groups in total. The fraction of sp³-hybridized carbons (Fsp3) is 0.130. The van der Waals surface area contributed by atoms with Crippen molar-refractivity contribution in [1.29, 1.82) is 0 Å². The number of carbonyl (C=O) groups is 2. The third kappa shape index (κ3) is 4.07. The average Bonchev–Trinajstić information content (AvgIpc) is 2.76. The van der Waals surface area contributed by atoms with Gasteiger partial charge in [-0.1, -0.05) is 72.8 Å². The van der Waals surface area contributed by atoms with E-state index in [9.17, 15) is 23.5 Å². The highest BCUT2D eigenvalue weighted by Crippen LogP contribution is 2.34. The molecule has 0 aliphatic carbocycles. The van der Waals surface area contributed by atoms with E-state index < -0.39 is 34.7 Å². The predicted octanol–water partition coefficient (Wildman–Crippen LogP) is 3.73. The van der Waals surface area contributed by atoms with Gasteiger partial charge in [0.25, 0.3) is 0 Å². The van der Waals surface area contributed by atoms with Gasteiger partial charge in [-0.2, -0.15) is 0 Å². The van der Waals surface area contributed by atoms with Crippen LogP contribution in [0.3, 0.4) is 0 Å². The first-order chi connectivity index (χ1) is 14.0. The van der Waals surface area contributed by atoms with E-state index in [-0.39, 0.29) is 12.2 Å². The summed E-state index contributed by atoms with van der Waals surface area (Å²) in [7, 11) is 0. The molecule has 6 heteroatoms. The van der Waals surface area contributed by atoms with E-state index in [1.54, 1.807) is 48.5 Å². The molecular weight excluding hydrogens is 378 g/mol. The Bertz CT molecular complexity index is 992. The van der Waals surface area contributed by atoms with Crippen molar-refractivity contribution in [3.8, 4) is 0 Å². The molecule has 0 amide bonds. The van der Waals surface area contributed by atoms with Gasteiger partial charge in [0, 0.05) is 5.56 Å². The van der Waals surface area contributed by atoms with E-state index >= 15 is 0 Å². The van der Waals surface area contributed by atoms with Crippen molar-refractivity contribution in [2.24, 2.45) is 0 Å². The molecule has 148 valence electrons. The molecule has 2 atom stereocenters. The average molecular weight is 396 g/mol. The molecule has 3 aromatic rings. The van der Waals surface area contributed by atoms with Crippen LogP contribution in [-0.2, 0) is 19.9 Å². The van der Waals surface area contributed by atoms with Crippen LogP contribution in [0.15, 0.2) is 78.9 Å². The van der Waals surface area contributed by atoms with Gasteiger partial charge in [-0.15, -0.1) is 0 Å². The Morgan fingerprint density at radius 3 is 2.21 bits per heavy atom. The molecule has 0 heterocycles. The number of ether oxygens (including phenoxy) is 1. The number of rotatable bonds is 7. The quantitative estimate of drug-likeness (QED) is 0.488. The van der Waals surface area contributed by atoms with Gasteiger partial charge in [-0.25, -0.2) is 13.6 Å². The third-order valence-electron chi connectivity index (χ3n) is 4.61. The van der Waals surface area contributed by atoms with Gasteiger partial charge < -0.3 is 14.6 Å². The monoisotopic (exact) mass is 396 g/mol. The molecule has 0 saturated carbocycles. The van der Waals surface area contributed by atoms with Crippen molar-refractivity contribution >= 4 is 12.3 Å². The van der Waals surface area contributed by atoms with Crippen LogP contribution in [0.2, 0.25) is 0 Å². The zero-order chi connectivity index (χ0) is 20.9. The van der Waals surface area contributed by atoms with Gasteiger partial charge in [0.05, 0.1) is 5.92 Å². The summed E-state index contributed by atoms with van der Waals surface area (Å²) in [5, 5.41) is 11.2. The molecule has 0 spiro atoms.